The average molecular weight is 370 g/mol. The largest absolute Gasteiger partial charge is 0.449 e. The lowest BCUT2D eigenvalue weighted by atomic mass is 10.2. The highest BCUT2D eigenvalue weighted by molar-refractivity contribution is 6.30. The molecule has 0 saturated carbocycles. The van der Waals surface area contributed by atoms with Crippen LogP contribution in [0.2, 0.25) is 5.02 Å². The van der Waals surface area contributed by atoms with E-state index in [1.54, 1.807) is 18.2 Å². The maximum absolute atomic E-state index is 12.4. The second kappa shape index (κ2) is 8.43. The Morgan fingerprint density at radius 3 is 2.52 bits per heavy atom. The van der Waals surface area contributed by atoms with Crippen molar-refractivity contribution in [3.05, 3.63) is 59.1 Å². The first kappa shape index (κ1) is 18.7. The van der Waals surface area contributed by atoms with Crippen LogP contribution in [0, 0.1) is 0 Å². The van der Waals surface area contributed by atoms with E-state index in [4.69, 9.17) is 16.3 Å². The number of hydrogen-bond acceptors (Lipinski definition) is 4. The Morgan fingerprint density at radius 1 is 1.12 bits per heavy atom. The smallest absolute Gasteiger partial charge is 0.387 e. The zero-order valence-corrected chi connectivity index (χ0v) is 13.8. The summed E-state index contributed by atoms with van der Waals surface area (Å²) in [5.74, 6) is -1.88. The number of carbonyl (C=O) groups excluding carboxylic acids is 2. The molecular formula is C17H14ClF2NO4. The molecule has 132 valence electrons. The van der Waals surface area contributed by atoms with Gasteiger partial charge in [0.1, 0.15) is 11.3 Å². The van der Waals surface area contributed by atoms with Crippen LogP contribution in [0.4, 0.5) is 14.5 Å². The summed E-state index contributed by atoms with van der Waals surface area (Å²) in [5, 5.41) is 2.97. The number of alkyl halides is 2. The first-order valence-electron chi connectivity index (χ1n) is 7.18. The molecule has 1 N–H and O–H groups in total. The van der Waals surface area contributed by atoms with E-state index in [2.05, 4.69) is 10.1 Å². The number of amides is 1. The molecule has 0 aromatic heterocycles. The quantitative estimate of drug-likeness (QED) is 0.778. The zero-order valence-electron chi connectivity index (χ0n) is 13.0. The lowest BCUT2D eigenvalue weighted by molar-refractivity contribution is -0.123. The second-order valence-corrected chi connectivity index (χ2v) is 5.36. The minimum absolute atomic E-state index is 0.204. The van der Waals surface area contributed by atoms with Crippen molar-refractivity contribution in [2.24, 2.45) is 0 Å². The predicted octanol–water partition coefficient (Wildman–Crippen LogP) is 4.13. The molecule has 0 spiro atoms. The zero-order chi connectivity index (χ0) is 18.4. The summed E-state index contributed by atoms with van der Waals surface area (Å²) in [5.41, 5.74) is 0.229. The molecule has 0 aliphatic heterocycles. The van der Waals surface area contributed by atoms with E-state index in [9.17, 15) is 18.4 Å². The molecule has 0 heterocycles. The van der Waals surface area contributed by atoms with Gasteiger partial charge in [-0.3, -0.25) is 4.79 Å². The normalized spacial score (nSPS) is 11.7. The van der Waals surface area contributed by atoms with Crippen molar-refractivity contribution in [2.45, 2.75) is 19.6 Å². The van der Waals surface area contributed by atoms with Crippen LogP contribution in [0.5, 0.6) is 5.75 Å². The Morgan fingerprint density at radius 2 is 1.84 bits per heavy atom. The van der Waals surface area contributed by atoms with Crippen LogP contribution in [0.25, 0.3) is 0 Å². The molecule has 1 amide bonds. The molecule has 0 saturated heterocycles. The van der Waals surface area contributed by atoms with Gasteiger partial charge < -0.3 is 14.8 Å². The predicted molar refractivity (Wildman–Crippen MR) is 88.0 cm³/mol. The van der Waals surface area contributed by atoms with Crippen LogP contribution >= 0.6 is 11.6 Å². The lowest BCUT2D eigenvalue weighted by Crippen LogP contribution is -2.30. The number of benzene rings is 2. The third-order valence-electron chi connectivity index (χ3n) is 3.07. The van der Waals surface area contributed by atoms with Gasteiger partial charge in [-0.25, -0.2) is 4.79 Å². The van der Waals surface area contributed by atoms with Crippen LogP contribution in [-0.4, -0.2) is 24.6 Å². The van der Waals surface area contributed by atoms with E-state index in [1.807, 2.05) is 0 Å². The first-order valence-corrected chi connectivity index (χ1v) is 7.56. The van der Waals surface area contributed by atoms with Gasteiger partial charge in [0.05, 0.1) is 0 Å². The standard InChI is InChI=1S/C17H14ClF2NO4/c1-10(15(22)21-12-6-4-5-11(18)9-12)24-16(23)13-7-2-3-8-14(13)25-17(19)20/h2-10,17H,1H3,(H,21,22)/t10-/m0/s1. The molecule has 8 heteroatoms. The number of halogens is 3. The summed E-state index contributed by atoms with van der Waals surface area (Å²) in [6.45, 7) is -1.73. The Kier molecular flexibility index (Phi) is 6.30. The summed E-state index contributed by atoms with van der Waals surface area (Å²) >= 11 is 5.82. The molecule has 1 atom stereocenters. The van der Waals surface area contributed by atoms with E-state index in [0.717, 1.165) is 0 Å². The van der Waals surface area contributed by atoms with Gasteiger partial charge in [0.2, 0.25) is 0 Å². The number of carbonyl (C=O) groups is 2. The van der Waals surface area contributed by atoms with E-state index < -0.39 is 24.6 Å². The summed E-state index contributed by atoms with van der Waals surface area (Å²) in [6, 6.07) is 11.8. The molecule has 0 bridgehead atoms. The molecule has 2 rings (SSSR count). The fourth-order valence-corrected chi connectivity index (χ4v) is 2.11. The molecule has 5 nitrogen and oxygen atoms in total. The van der Waals surface area contributed by atoms with Crippen LogP contribution < -0.4 is 10.1 Å². The van der Waals surface area contributed by atoms with Crippen molar-refractivity contribution in [1.82, 2.24) is 0 Å². The molecule has 0 aliphatic carbocycles. The number of para-hydroxylation sites is 1. The topological polar surface area (TPSA) is 64.6 Å². The van der Waals surface area contributed by atoms with E-state index in [-0.39, 0.29) is 11.3 Å². The summed E-state index contributed by atoms with van der Waals surface area (Å²) in [6.07, 6.45) is -1.16. The van der Waals surface area contributed by atoms with Gasteiger partial charge in [0.15, 0.2) is 6.10 Å². The lowest BCUT2D eigenvalue weighted by Gasteiger charge is -2.15. The highest BCUT2D eigenvalue weighted by Gasteiger charge is 2.22. The monoisotopic (exact) mass is 369 g/mol. The van der Waals surface area contributed by atoms with Gasteiger partial charge in [0, 0.05) is 10.7 Å². The summed E-state index contributed by atoms with van der Waals surface area (Å²) in [4.78, 5) is 24.2. The van der Waals surface area contributed by atoms with Gasteiger partial charge in [-0.1, -0.05) is 29.8 Å². The fourth-order valence-electron chi connectivity index (χ4n) is 1.92. The van der Waals surface area contributed by atoms with Crippen molar-refractivity contribution >= 4 is 29.2 Å². The van der Waals surface area contributed by atoms with Crippen LogP contribution in [0.3, 0.4) is 0 Å². The molecule has 0 fully saturated rings. The van der Waals surface area contributed by atoms with Crippen molar-refractivity contribution in [3.63, 3.8) is 0 Å². The van der Waals surface area contributed by atoms with Gasteiger partial charge >= 0.3 is 12.6 Å². The molecule has 0 aliphatic rings. The summed E-state index contributed by atoms with van der Waals surface area (Å²) in [7, 11) is 0. The SMILES string of the molecule is C[C@H](OC(=O)c1ccccc1OC(F)F)C(=O)Nc1cccc(Cl)c1. The maximum Gasteiger partial charge on any atom is 0.387 e. The van der Waals surface area contributed by atoms with E-state index in [0.29, 0.717) is 10.7 Å². The average Bonchev–Trinajstić information content (AvgIpc) is 2.54. The number of anilines is 1. The number of nitrogens with one attached hydrogen (secondary N) is 1. The van der Waals surface area contributed by atoms with Gasteiger partial charge in [-0.05, 0) is 37.3 Å². The number of ether oxygens (including phenoxy) is 2. The van der Waals surface area contributed by atoms with E-state index >= 15 is 0 Å². The fraction of sp³-hybridized carbons (Fsp3) is 0.176. The highest BCUT2D eigenvalue weighted by atomic mass is 35.5. The molecule has 25 heavy (non-hydrogen) atoms. The molecular weight excluding hydrogens is 356 g/mol. The minimum Gasteiger partial charge on any atom is -0.449 e. The highest BCUT2D eigenvalue weighted by Crippen LogP contribution is 2.22. The second-order valence-electron chi connectivity index (χ2n) is 4.92. The van der Waals surface area contributed by atoms with Gasteiger partial charge in [-0.15, -0.1) is 0 Å². The summed E-state index contributed by atoms with van der Waals surface area (Å²) < 4.78 is 34.0. The Balaban J connectivity index is 2.03. The number of esters is 1. The van der Waals surface area contributed by atoms with Crippen molar-refractivity contribution in [3.8, 4) is 5.75 Å². The Labute approximate surface area is 147 Å². The van der Waals surface area contributed by atoms with Crippen molar-refractivity contribution in [2.75, 3.05) is 5.32 Å². The Bertz CT molecular complexity index is 770. The van der Waals surface area contributed by atoms with Gasteiger partial charge in [0.25, 0.3) is 5.91 Å². The van der Waals surface area contributed by atoms with E-state index in [1.165, 1.54) is 37.3 Å². The molecule has 2 aromatic carbocycles. The maximum atomic E-state index is 12.4. The van der Waals surface area contributed by atoms with Gasteiger partial charge in [-0.2, -0.15) is 8.78 Å². The van der Waals surface area contributed by atoms with Crippen LogP contribution in [0.1, 0.15) is 17.3 Å². The minimum atomic E-state index is -3.09. The first-order chi connectivity index (χ1) is 11.9. The molecule has 0 radical (unpaired) electrons. The Hall–Kier alpha value is -2.67. The number of rotatable bonds is 6. The third kappa shape index (κ3) is 5.42. The van der Waals surface area contributed by atoms with Crippen LogP contribution in [-0.2, 0) is 9.53 Å². The van der Waals surface area contributed by atoms with Crippen LogP contribution in [0.15, 0.2) is 48.5 Å². The molecule has 0 unspecified atom stereocenters. The number of hydrogen-bond donors (Lipinski definition) is 1. The van der Waals surface area contributed by atoms with Crippen molar-refractivity contribution in [1.29, 1.82) is 0 Å². The molecule has 2 aromatic rings. The third-order valence-corrected chi connectivity index (χ3v) is 3.30. The van der Waals surface area contributed by atoms with Crippen molar-refractivity contribution < 1.29 is 27.8 Å².